The van der Waals surface area contributed by atoms with Crippen LogP contribution in [0.2, 0.25) is 0 Å². The second kappa shape index (κ2) is 6.72. The van der Waals surface area contributed by atoms with Gasteiger partial charge in [0, 0.05) is 45.3 Å². The maximum absolute atomic E-state index is 12.6. The molecule has 0 radical (unpaired) electrons. The summed E-state index contributed by atoms with van der Waals surface area (Å²) in [4.78, 5) is 42.2. The fourth-order valence-corrected chi connectivity index (χ4v) is 3.82. The number of ether oxygens (including phenoxy) is 1. The quantitative estimate of drug-likeness (QED) is 0.730. The molecule has 3 aliphatic rings. The van der Waals surface area contributed by atoms with E-state index in [4.69, 9.17) is 10.5 Å². The first kappa shape index (κ1) is 18.9. The molecular weight excluding hydrogens is 336 g/mol. The second-order valence-electron chi connectivity index (χ2n) is 8.64. The van der Waals surface area contributed by atoms with Gasteiger partial charge in [-0.2, -0.15) is 0 Å². The number of primary amides is 1. The number of hydrogen-bond donors (Lipinski definition) is 1. The van der Waals surface area contributed by atoms with E-state index in [2.05, 4.69) is 4.90 Å². The van der Waals surface area contributed by atoms with Gasteiger partial charge < -0.3 is 20.3 Å². The highest BCUT2D eigenvalue weighted by Crippen LogP contribution is 2.47. The Bertz CT molecular complexity index is 588. The summed E-state index contributed by atoms with van der Waals surface area (Å²) in [7, 11) is 0. The van der Waals surface area contributed by atoms with Crippen molar-refractivity contribution < 1.29 is 19.1 Å². The van der Waals surface area contributed by atoms with Crippen LogP contribution in [-0.2, 0) is 14.3 Å². The summed E-state index contributed by atoms with van der Waals surface area (Å²) in [5.41, 5.74) is 3.99. The highest BCUT2D eigenvalue weighted by atomic mass is 16.6. The van der Waals surface area contributed by atoms with Gasteiger partial charge in [0.1, 0.15) is 11.0 Å². The van der Waals surface area contributed by atoms with Crippen molar-refractivity contribution in [1.82, 2.24) is 14.7 Å². The molecule has 3 fully saturated rings. The molecule has 0 bridgehead atoms. The van der Waals surface area contributed by atoms with Crippen LogP contribution in [0.4, 0.5) is 4.79 Å². The van der Waals surface area contributed by atoms with Gasteiger partial charge in [0.15, 0.2) is 0 Å². The molecule has 2 heterocycles. The van der Waals surface area contributed by atoms with Gasteiger partial charge in [-0.25, -0.2) is 4.79 Å². The summed E-state index contributed by atoms with van der Waals surface area (Å²) < 4.78 is 5.44. The minimum Gasteiger partial charge on any atom is -0.444 e. The Kier molecular flexibility index (Phi) is 4.90. The van der Waals surface area contributed by atoms with Crippen molar-refractivity contribution in [2.45, 2.75) is 51.7 Å². The van der Waals surface area contributed by atoms with Gasteiger partial charge in [0.05, 0.1) is 0 Å². The Hall–Kier alpha value is -1.83. The lowest BCUT2D eigenvalue weighted by Crippen LogP contribution is -2.55. The molecule has 3 rings (SSSR count). The van der Waals surface area contributed by atoms with E-state index in [0.717, 1.165) is 19.5 Å². The van der Waals surface area contributed by atoms with E-state index < -0.39 is 16.9 Å². The normalized spacial score (nSPS) is 25.9. The summed E-state index contributed by atoms with van der Waals surface area (Å²) in [5, 5.41) is 0. The number of nitrogens with zero attached hydrogens (tertiary/aromatic N) is 3. The van der Waals surface area contributed by atoms with Gasteiger partial charge in [-0.15, -0.1) is 0 Å². The molecule has 146 valence electrons. The van der Waals surface area contributed by atoms with Gasteiger partial charge in [-0.3, -0.25) is 14.5 Å². The molecule has 2 saturated heterocycles. The predicted molar refractivity (Wildman–Crippen MR) is 95.2 cm³/mol. The van der Waals surface area contributed by atoms with Gasteiger partial charge in [0.25, 0.3) is 0 Å². The molecule has 0 aromatic rings. The summed E-state index contributed by atoms with van der Waals surface area (Å²) in [6.07, 6.45) is 1.81. The molecular formula is C18H30N4O4. The second-order valence-corrected chi connectivity index (χ2v) is 8.64. The summed E-state index contributed by atoms with van der Waals surface area (Å²) in [6, 6.07) is 0.297. The number of carbonyl (C=O) groups is 3. The monoisotopic (exact) mass is 366 g/mol. The van der Waals surface area contributed by atoms with Crippen LogP contribution in [0.3, 0.4) is 0 Å². The average Bonchev–Trinajstić information content (AvgIpc) is 3.23. The Morgan fingerprint density at radius 1 is 1.00 bits per heavy atom. The molecule has 2 aliphatic heterocycles. The van der Waals surface area contributed by atoms with Crippen LogP contribution in [0.15, 0.2) is 0 Å². The molecule has 1 aliphatic carbocycles. The number of carbonyl (C=O) groups excluding carboxylic acids is 3. The van der Waals surface area contributed by atoms with E-state index in [9.17, 15) is 14.4 Å². The standard InChI is InChI=1S/C18H30N4O4/c1-17(2,3)26-16(25)22-7-4-13(12-22)20-8-10-21(11-9-20)15(24)18(5-6-18)14(19)23/h13H,4-12H2,1-3H3,(H2,19,23)/t13-/m0/s1. The third-order valence-electron chi connectivity index (χ3n) is 5.56. The van der Waals surface area contributed by atoms with Crippen LogP contribution in [0.5, 0.6) is 0 Å². The maximum Gasteiger partial charge on any atom is 0.410 e. The zero-order chi connectivity index (χ0) is 19.1. The summed E-state index contributed by atoms with van der Waals surface area (Å²) in [6.45, 7) is 9.69. The van der Waals surface area contributed by atoms with E-state index in [1.54, 1.807) is 9.80 Å². The topological polar surface area (TPSA) is 96.2 Å². The smallest absolute Gasteiger partial charge is 0.410 e. The average molecular weight is 366 g/mol. The zero-order valence-electron chi connectivity index (χ0n) is 16.0. The van der Waals surface area contributed by atoms with Crippen LogP contribution in [-0.4, -0.2) is 83.5 Å². The van der Waals surface area contributed by atoms with Crippen LogP contribution in [0.1, 0.15) is 40.0 Å². The molecule has 1 atom stereocenters. The number of amides is 3. The number of likely N-dealkylation sites (tertiary alicyclic amines) is 1. The minimum atomic E-state index is -0.928. The molecule has 3 amide bonds. The number of piperazine rings is 1. The highest BCUT2D eigenvalue weighted by Gasteiger charge is 2.57. The lowest BCUT2D eigenvalue weighted by Gasteiger charge is -2.39. The van der Waals surface area contributed by atoms with Crippen LogP contribution < -0.4 is 5.73 Å². The molecule has 2 N–H and O–H groups in total. The highest BCUT2D eigenvalue weighted by molar-refractivity contribution is 6.07. The van der Waals surface area contributed by atoms with Crippen molar-refractivity contribution in [1.29, 1.82) is 0 Å². The summed E-state index contributed by atoms with van der Waals surface area (Å²) in [5.74, 6) is -0.597. The van der Waals surface area contributed by atoms with Gasteiger partial charge in [-0.1, -0.05) is 0 Å². The molecule has 0 unspecified atom stereocenters. The minimum absolute atomic E-state index is 0.105. The van der Waals surface area contributed by atoms with E-state index in [1.807, 2.05) is 20.8 Å². The van der Waals surface area contributed by atoms with E-state index in [0.29, 0.717) is 45.1 Å². The first-order valence-electron chi connectivity index (χ1n) is 9.44. The Labute approximate surface area is 154 Å². The van der Waals surface area contributed by atoms with Crippen molar-refractivity contribution in [3.8, 4) is 0 Å². The van der Waals surface area contributed by atoms with Crippen molar-refractivity contribution in [3.63, 3.8) is 0 Å². The maximum atomic E-state index is 12.6. The predicted octanol–water partition coefficient (Wildman–Crippen LogP) is 0.406. The van der Waals surface area contributed by atoms with Crippen molar-refractivity contribution >= 4 is 17.9 Å². The van der Waals surface area contributed by atoms with E-state index >= 15 is 0 Å². The Morgan fingerprint density at radius 3 is 2.12 bits per heavy atom. The van der Waals surface area contributed by atoms with Gasteiger partial charge in [-0.05, 0) is 40.0 Å². The molecule has 8 nitrogen and oxygen atoms in total. The number of hydrogen-bond acceptors (Lipinski definition) is 5. The zero-order valence-corrected chi connectivity index (χ0v) is 16.0. The molecule has 26 heavy (non-hydrogen) atoms. The first-order chi connectivity index (χ1) is 12.1. The third-order valence-corrected chi connectivity index (χ3v) is 5.56. The third kappa shape index (κ3) is 3.79. The van der Waals surface area contributed by atoms with Crippen molar-refractivity contribution in [3.05, 3.63) is 0 Å². The molecule has 0 aromatic carbocycles. The fraction of sp³-hybridized carbons (Fsp3) is 0.833. The molecule has 0 aromatic heterocycles. The van der Waals surface area contributed by atoms with Crippen LogP contribution in [0.25, 0.3) is 0 Å². The number of rotatable bonds is 3. The molecule has 8 heteroatoms. The largest absolute Gasteiger partial charge is 0.444 e. The van der Waals surface area contributed by atoms with E-state index in [-0.39, 0.29) is 12.0 Å². The van der Waals surface area contributed by atoms with Gasteiger partial charge >= 0.3 is 6.09 Å². The van der Waals surface area contributed by atoms with Crippen LogP contribution >= 0.6 is 0 Å². The van der Waals surface area contributed by atoms with E-state index in [1.165, 1.54) is 0 Å². The van der Waals surface area contributed by atoms with Crippen molar-refractivity contribution in [2.75, 3.05) is 39.3 Å². The Morgan fingerprint density at radius 2 is 1.62 bits per heavy atom. The Balaban J connectivity index is 1.48. The van der Waals surface area contributed by atoms with Crippen LogP contribution in [0, 0.1) is 5.41 Å². The lowest BCUT2D eigenvalue weighted by molar-refractivity contribution is -0.144. The fourth-order valence-electron chi connectivity index (χ4n) is 3.82. The van der Waals surface area contributed by atoms with Crippen molar-refractivity contribution in [2.24, 2.45) is 11.1 Å². The van der Waals surface area contributed by atoms with Gasteiger partial charge in [0.2, 0.25) is 11.8 Å². The molecule has 0 spiro atoms. The first-order valence-corrected chi connectivity index (χ1v) is 9.44. The molecule has 1 saturated carbocycles. The SMILES string of the molecule is CC(C)(C)OC(=O)N1CC[C@H](N2CCN(C(=O)C3(C(N)=O)CC3)CC2)C1. The number of nitrogens with two attached hydrogens (primary N) is 1. The summed E-state index contributed by atoms with van der Waals surface area (Å²) >= 11 is 0. The lowest BCUT2D eigenvalue weighted by atomic mass is 10.0.